The Bertz CT molecular complexity index is 534. The summed E-state index contributed by atoms with van der Waals surface area (Å²) in [5.74, 6) is 0. The van der Waals surface area contributed by atoms with E-state index in [-0.39, 0.29) is 0 Å². The topological polar surface area (TPSA) is 29.1 Å². The van der Waals surface area contributed by atoms with Gasteiger partial charge in [0.05, 0.1) is 0 Å². The lowest BCUT2D eigenvalue weighted by atomic mass is 9.98. The summed E-state index contributed by atoms with van der Waals surface area (Å²) in [6.45, 7) is 10.4. The number of nitrogens with one attached hydrogen (secondary N) is 1. The van der Waals surface area contributed by atoms with Crippen LogP contribution in [0.15, 0.2) is 36.4 Å². The van der Waals surface area contributed by atoms with Gasteiger partial charge in [0.15, 0.2) is 0 Å². The maximum Gasteiger partial charge on any atom is 0.211 e. The lowest BCUT2D eigenvalue weighted by Gasteiger charge is -2.11. The number of anilines is 1. The number of hydrogen-bond acceptors (Lipinski definition) is 1. The summed E-state index contributed by atoms with van der Waals surface area (Å²) in [4.78, 5) is 10.6. The summed E-state index contributed by atoms with van der Waals surface area (Å²) < 4.78 is 0. The van der Waals surface area contributed by atoms with Gasteiger partial charge < -0.3 is 5.32 Å². The predicted molar refractivity (Wildman–Crippen MR) is 99.6 cm³/mol. The summed E-state index contributed by atoms with van der Waals surface area (Å²) in [6.07, 6.45) is 5.30. The third-order valence-electron chi connectivity index (χ3n) is 3.04. The van der Waals surface area contributed by atoms with Crippen molar-refractivity contribution < 1.29 is 4.79 Å². The molecule has 0 bridgehead atoms. The molecular formula is C20H31NO. The van der Waals surface area contributed by atoms with Crippen LogP contribution in [-0.4, -0.2) is 6.41 Å². The van der Waals surface area contributed by atoms with Gasteiger partial charge >= 0.3 is 0 Å². The lowest BCUT2D eigenvalue weighted by Crippen LogP contribution is -2.00. The van der Waals surface area contributed by atoms with Crippen LogP contribution in [0.4, 0.5) is 5.69 Å². The molecule has 122 valence electrons. The van der Waals surface area contributed by atoms with Crippen molar-refractivity contribution in [3.8, 4) is 0 Å². The van der Waals surface area contributed by atoms with Crippen LogP contribution in [0.3, 0.4) is 0 Å². The van der Waals surface area contributed by atoms with E-state index in [0.29, 0.717) is 0 Å². The fourth-order valence-electron chi connectivity index (χ4n) is 2.16. The van der Waals surface area contributed by atoms with E-state index in [1.165, 1.54) is 22.8 Å². The summed E-state index contributed by atoms with van der Waals surface area (Å²) in [5, 5.41) is 5.27. The van der Waals surface area contributed by atoms with Crippen LogP contribution in [0.1, 0.15) is 59.4 Å². The highest BCUT2D eigenvalue weighted by Gasteiger charge is 2.06. The molecule has 1 N–H and O–H groups in total. The summed E-state index contributed by atoms with van der Waals surface area (Å²) in [6, 6.07) is 12.4. The monoisotopic (exact) mass is 301 g/mol. The van der Waals surface area contributed by atoms with Crippen LogP contribution in [0.5, 0.6) is 0 Å². The molecular weight excluding hydrogens is 270 g/mol. The standard InChI is InChI=1S/C15H17NO.C3H8.C2H6/c1-2-3-7-14-13-8-5-4-6-12(13)9-10-15(14)16-11-17;1-3-2;1-2/h4-6,8-11H,2-3,7H2,1H3,(H,16,17);3H2,1-2H3;1-2H3. The average Bonchev–Trinajstić information content (AvgIpc) is 2.56. The molecule has 0 unspecified atom stereocenters. The van der Waals surface area contributed by atoms with Gasteiger partial charge in [0.1, 0.15) is 0 Å². The largest absolute Gasteiger partial charge is 0.328 e. The summed E-state index contributed by atoms with van der Waals surface area (Å²) in [7, 11) is 0. The second-order valence-corrected chi connectivity index (χ2v) is 4.89. The first kappa shape index (κ1) is 20.2. The Labute approximate surface area is 135 Å². The molecule has 22 heavy (non-hydrogen) atoms. The van der Waals surface area contributed by atoms with E-state index in [9.17, 15) is 4.79 Å². The molecule has 0 fully saturated rings. The maximum absolute atomic E-state index is 10.6. The molecule has 2 nitrogen and oxygen atoms in total. The normalized spacial score (nSPS) is 9.14. The van der Waals surface area contributed by atoms with Gasteiger partial charge in [-0.1, -0.05) is 77.8 Å². The van der Waals surface area contributed by atoms with Crippen molar-refractivity contribution in [3.63, 3.8) is 0 Å². The Hall–Kier alpha value is -1.83. The molecule has 2 aromatic rings. The van der Waals surface area contributed by atoms with Crippen LogP contribution in [0.25, 0.3) is 10.8 Å². The Kier molecular flexibility index (Phi) is 11.8. The fourth-order valence-corrected chi connectivity index (χ4v) is 2.16. The second kappa shape index (κ2) is 12.9. The highest BCUT2D eigenvalue weighted by atomic mass is 16.1. The number of unbranched alkanes of at least 4 members (excludes halogenated alkanes) is 1. The number of benzene rings is 2. The highest BCUT2D eigenvalue weighted by Crippen LogP contribution is 2.27. The van der Waals surface area contributed by atoms with E-state index in [4.69, 9.17) is 0 Å². The van der Waals surface area contributed by atoms with Gasteiger partial charge in [-0.05, 0) is 35.2 Å². The molecule has 0 aliphatic heterocycles. The first-order valence-electron chi connectivity index (χ1n) is 8.49. The van der Waals surface area contributed by atoms with Crippen molar-refractivity contribution in [1.29, 1.82) is 0 Å². The number of carbonyl (C=O) groups is 1. The first-order valence-corrected chi connectivity index (χ1v) is 8.49. The van der Waals surface area contributed by atoms with Gasteiger partial charge in [-0.2, -0.15) is 0 Å². The first-order chi connectivity index (χ1) is 10.8. The molecule has 1 amide bonds. The van der Waals surface area contributed by atoms with Crippen LogP contribution in [0.2, 0.25) is 0 Å². The zero-order valence-electron chi connectivity index (χ0n) is 14.8. The van der Waals surface area contributed by atoms with Crippen LogP contribution in [0, 0.1) is 0 Å². The highest BCUT2D eigenvalue weighted by molar-refractivity contribution is 5.92. The smallest absolute Gasteiger partial charge is 0.211 e. The van der Waals surface area contributed by atoms with Crippen LogP contribution >= 0.6 is 0 Å². The van der Waals surface area contributed by atoms with Crippen molar-refractivity contribution >= 4 is 22.9 Å². The van der Waals surface area contributed by atoms with E-state index in [0.717, 1.165) is 31.4 Å². The molecule has 0 aromatic heterocycles. The average molecular weight is 301 g/mol. The molecule has 0 saturated carbocycles. The SMILES string of the molecule is CC.CCC.CCCCc1c(NC=O)ccc2ccccc12. The Balaban J connectivity index is 0.000000789. The minimum Gasteiger partial charge on any atom is -0.328 e. The quantitative estimate of drug-likeness (QED) is 0.655. The Morgan fingerprint density at radius 1 is 1.00 bits per heavy atom. The summed E-state index contributed by atoms with van der Waals surface area (Å²) >= 11 is 0. The number of rotatable bonds is 5. The number of aryl methyl sites for hydroxylation is 1. The number of carbonyl (C=O) groups excluding carboxylic acids is 1. The third kappa shape index (κ3) is 6.30. The fraction of sp³-hybridized carbons (Fsp3) is 0.450. The van der Waals surface area contributed by atoms with E-state index in [1.54, 1.807) is 0 Å². The Morgan fingerprint density at radius 3 is 2.23 bits per heavy atom. The maximum atomic E-state index is 10.6. The van der Waals surface area contributed by atoms with Crippen molar-refractivity contribution in [2.24, 2.45) is 0 Å². The van der Waals surface area contributed by atoms with Crippen molar-refractivity contribution in [2.75, 3.05) is 5.32 Å². The Morgan fingerprint density at radius 2 is 1.64 bits per heavy atom. The molecule has 0 heterocycles. The van der Waals surface area contributed by atoms with Crippen LogP contribution in [-0.2, 0) is 11.2 Å². The van der Waals surface area contributed by atoms with Gasteiger partial charge in [0.25, 0.3) is 0 Å². The van der Waals surface area contributed by atoms with Crippen molar-refractivity contribution in [2.45, 2.75) is 60.3 Å². The second-order valence-electron chi connectivity index (χ2n) is 4.89. The van der Waals surface area contributed by atoms with Crippen LogP contribution < -0.4 is 5.32 Å². The molecule has 0 spiro atoms. The molecule has 0 atom stereocenters. The molecule has 0 saturated heterocycles. The van der Waals surface area contributed by atoms with Gasteiger partial charge in [-0.15, -0.1) is 0 Å². The van der Waals surface area contributed by atoms with E-state index < -0.39 is 0 Å². The van der Waals surface area contributed by atoms with E-state index >= 15 is 0 Å². The lowest BCUT2D eigenvalue weighted by molar-refractivity contribution is -0.105. The molecule has 0 radical (unpaired) electrons. The molecule has 2 heteroatoms. The number of hydrogen-bond donors (Lipinski definition) is 1. The zero-order valence-corrected chi connectivity index (χ0v) is 14.8. The molecule has 0 aliphatic carbocycles. The van der Waals surface area contributed by atoms with E-state index in [1.807, 2.05) is 32.0 Å². The molecule has 2 rings (SSSR count). The van der Waals surface area contributed by atoms with Gasteiger partial charge in [-0.3, -0.25) is 4.79 Å². The van der Waals surface area contributed by atoms with E-state index in [2.05, 4.69) is 44.3 Å². The van der Waals surface area contributed by atoms with Gasteiger partial charge in [0, 0.05) is 5.69 Å². The summed E-state index contributed by atoms with van der Waals surface area (Å²) in [5.41, 5.74) is 2.18. The molecule has 0 aliphatic rings. The third-order valence-corrected chi connectivity index (χ3v) is 3.04. The minimum atomic E-state index is 0.750. The minimum absolute atomic E-state index is 0.750. The van der Waals surface area contributed by atoms with Gasteiger partial charge in [-0.25, -0.2) is 0 Å². The zero-order chi connectivity index (χ0) is 16.8. The predicted octanol–water partition coefficient (Wildman–Crippen LogP) is 6.19. The number of fused-ring (bicyclic) bond motifs is 1. The molecule has 2 aromatic carbocycles. The van der Waals surface area contributed by atoms with Crippen molar-refractivity contribution in [1.82, 2.24) is 0 Å². The van der Waals surface area contributed by atoms with Crippen molar-refractivity contribution in [3.05, 3.63) is 42.0 Å². The van der Waals surface area contributed by atoms with Gasteiger partial charge in [0.2, 0.25) is 6.41 Å². The number of amides is 1.